The Balaban J connectivity index is 2.26. The van der Waals surface area contributed by atoms with Crippen molar-refractivity contribution >= 4 is 11.7 Å². The van der Waals surface area contributed by atoms with E-state index >= 15 is 0 Å². The summed E-state index contributed by atoms with van der Waals surface area (Å²) in [4.78, 5) is 18.3. The Labute approximate surface area is 113 Å². The number of pyridine rings is 1. The third-order valence-corrected chi connectivity index (χ3v) is 3.36. The van der Waals surface area contributed by atoms with Gasteiger partial charge in [0, 0.05) is 19.6 Å². The fourth-order valence-corrected chi connectivity index (χ4v) is 2.06. The topological polar surface area (TPSA) is 45.2 Å². The van der Waals surface area contributed by atoms with Crippen LogP contribution >= 0.6 is 0 Å². The first-order valence-corrected chi connectivity index (χ1v) is 6.67. The van der Waals surface area contributed by atoms with Crippen LogP contribution in [0.2, 0.25) is 0 Å². The average molecular weight is 265 g/mol. The summed E-state index contributed by atoms with van der Waals surface area (Å²) in [7, 11) is 1.68. The number of carbonyl (C=O) groups is 1. The van der Waals surface area contributed by atoms with E-state index in [1.54, 1.807) is 11.9 Å². The van der Waals surface area contributed by atoms with Crippen molar-refractivity contribution in [3.05, 3.63) is 23.6 Å². The van der Waals surface area contributed by atoms with Gasteiger partial charge >= 0.3 is 0 Å². The molecule has 1 amide bonds. The van der Waals surface area contributed by atoms with Gasteiger partial charge in [0.2, 0.25) is 0 Å². The second kappa shape index (κ2) is 5.55. The quantitative estimate of drug-likeness (QED) is 0.889. The van der Waals surface area contributed by atoms with Gasteiger partial charge in [0.1, 0.15) is 11.6 Å². The summed E-state index contributed by atoms with van der Waals surface area (Å²) in [6, 6.07) is 1.35. The van der Waals surface area contributed by atoms with E-state index in [0.717, 1.165) is 12.7 Å². The van der Waals surface area contributed by atoms with Crippen LogP contribution in [0.5, 0.6) is 0 Å². The highest BCUT2D eigenvalue weighted by molar-refractivity contribution is 5.98. The Morgan fingerprint density at radius 2 is 2.26 bits per heavy atom. The molecule has 1 aromatic heterocycles. The molecule has 0 saturated heterocycles. The van der Waals surface area contributed by atoms with Gasteiger partial charge in [-0.3, -0.25) is 4.79 Å². The summed E-state index contributed by atoms with van der Waals surface area (Å²) in [5.74, 6) is 0.384. The molecule has 104 valence electrons. The van der Waals surface area contributed by atoms with Crippen molar-refractivity contribution in [2.24, 2.45) is 5.92 Å². The summed E-state index contributed by atoms with van der Waals surface area (Å²) in [6.07, 6.45) is 3.47. The number of rotatable bonds is 5. The number of nitrogens with zero attached hydrogens (tertiary/aromatic N) is 2. The number of hydrogen-bond donors (Lipinski definition) is 1. The molecule has 19 heavy (non-hydrogen) atoms. The summed E-state index contributed by atoms with van der Waals surface area (Å²) in [5, 5.41) is 2.84. The van der Waals surface area contributed by atoms with Crippen LogP contribution in [0.3, 0.4) is 0 Å². The van der Waals surface area contributed by atoms with E-state index in [2.05, 4.69) is 10.3 Å². The molecular formula is C14H20FN3O. The van der Waals surface area contributed by atoms with Gasteiger partial charge in [0.25, 0.3) is 5.91 Å². The normalized spacial score (nSPS) is 14.6. The fraction of sp³-hybridized carbons (Fsp3) is 0.571. The SMILES string of the molecule is CNc1ncc(F)cc1C(=O)N(CC1CC1)C(C)C. The number of halogens is 1. The maximum absolute atomic E-state index is 13.3. The summed E-state index contributed by atoms with van der Waals surface area (Å²) in [6.45, 7) is 4.70. The third-order valence-electron chi connectivity index (χ3n) is 3.36. The van der Waals surface area contributed by atoms with Crippen molar-refractivity contribution < 1.29 is 9.18 Å². The lowest BCUT2D eigenvalue weighted by molar-refractivity contribution is 0.0696. The molecule has 1 heterocycles. The second-order valence-corrected chi connectivity index (χ2v) is 5.29. The molecule has 1 aliphatic carbocycles. The van der Waals surface area contributed by atoms with Gasteiger partial charge < -0.3 is 10.2 Å². The molecular weight excluding hydrogens is 245 g/mol. The van der Waals surface area contributed by atoms with Crippen LogP contribution in [0, 0.1) is 11.7 Å². The number of amides is 1. The van der Waals surface area contributed by atoms with E-state index < -0.39 is 5.82 Å². The number of anilines is 1. The van der Waals surface area contributed by atoms with Gasteiger partial charge in [-0.15, -0.1) is 0 Å². The predicted molar refractivity (Wildman–Crippen MR) is 72.6 cm³/mol. The minimum absolute atomic E-state index is 0.0982. The zero-order chi connectivity index (χ0) is 14.0. The van der Waals surface area contributed by atoms with Crippen molar-refractivity contribution in [1.82, 2.24) is 9.88 Å². The van der Waals surface area contributed by atoms with Crippen molar-refractivity contribution in [1.29, 1.82) is 0 Å². The predicted octanol–water partition coefficient (Wildman–Crippen LogP) is 2.52. The van der Waals surface area contributed by atoms with E-state index in [1.165, 1.54) is 18.9 Å². The van der Waals surface area contributed by atoms with E-state index in [9.17, 15) is 9.18 Å². The van der Waals surface area contributed by atoms with Gasteiger partial charge in [-0.1, -0.05) is 0 Å². The van der Waals surface area contributed by atoms with E-state index in [4.69, 9.17) is 0 Å². The third kappa shape index (κ3) is 3.22. The zero-order valence-electron chi connectivity index (χ0n) is 11.6. The van der Waals surface area contributed by atoms with Crippen LogP contribution < -0.4 is 5.32 Å². The van der Waals surface area contributed by atoms with Crippen LogP contribution in [0.1, 0.15) is 37.0 Å². The van der Waals surface area contributed by atoms with Gasteiger partial charge in [0.05, 0.1) is 11.8 Å². The summed E-state index contributed by atoms with van der Waals surface area (Å²) >= 11 is 0. The lowest BCUT2D eigenvalue weighted by atomic mass is 10.1. The highest BCUT2D eigenvalue weighted by Crippen LogP contribution is 2.31. The minimum atomic E-state index is -0.488. The summed E-state index contributed by atoms with van der Waals surface area (Å²) in [5.41, 5.74) is 0.303. The minimum Gasteiger partial charge on any atom is -0.372 e. The molecule has 0 aromatic carbocycles. The number of hydrogen-bond acceptors (Lipinski definition) is 3. The van der Waals surface area contributed by atoms with Crippen molar-refractivity contribution in [2.45, 2.75) is 32.7 Å². The lowest BCUT2D eigenvalue weighted by Gasteiger charge is -2.27. The second-order valence-electron chi connectivity index (χ2n) is 5.29. The molecule has 1 saturated carbocycles. The maximum atomic E-state index is 13.3. The van der Waals surface area contributed by atoms with Crippen LogP contribution in [0.15, 0.2) is 12.3 Å². The Hall–Kier alpha value is -1.65. The van der Waals surface area contributed by atoms with Crippen LogP contribution in [-0.4, -0.2) is 35.4 Å². The smallest absolute Gasteiger partial charge is 0.257 e. The van der Waals surface area contributed by atoms with Crippen LogP contribution in [0.4, 0.5) is 10.2 Å². The first-order chi connectivity index (χ1) is 9.02. The Morgan fingerprint density at radius 1 is 1.58 bits per heavy atom. The van der Waals surface area contributed by atoms with Crippen LogP contribution in [0.25, 0.3) is 0 Å². The number of aromatic nitrogens is 1. The first kappa shape index (κ1) is 13.8. The van der Waals surface area contributed by atoms with Gasteiger partial charge in [0.15, 0.2) is 0 Å². The number of carbonyl (C=O) groups excluding carboxylic acids is 1. The van der Waals surface area contributed by atoms with Crippen molar-refractivity contribution in [2.75, 3.05) is 18.9 Å². The van der Waals surface area contributed by atoms with E-state index in [1.807, 2.05) is 13.8 Å². The highest BCUT2D eigenvalue weighted by Gasteiger charge is 2.29. The summed E-state index contributed by atoms with van der Waals surface area (Å²) < 4.78 is 13.3. The molecule has 1 aromatic rings. The van der Waals surface area contributed by atoms with Crippen molar-refractivity contribution in [3.63, 3.8) is 0 Å². The molecule has 0 radical (unpaired) electrons. The maximum Gasteiger partial charge on any atom is 0.257 e. The Bertz CT molecular complexity index is 472. The largest absolute Gasteiger partial charge is 0.372 e. The Morgan fingerprint density at radius 3 is 2.79 bits per heavy atom. The van der Waals surface area contributed by atoms with Gasteiger partial charge in [-0.25, -0.2) is 9.37 Å². The highest BCUT2D eigenvalue weighted by atomic mass is 19.1. The molecule has 0 aliphatic heterocycles. The lowest BCUT2D eigenvalue weighted by Crippen LogP contribution is -2.39. The van der Waals surface area contributed by atoms with Crippen LogP contribution in [-0.2, 0) is 0 Å². The van der Waals surface area contributed by atoms with E-state index in [-0.39, 0.29) is 11.9 Å². The molecule has 1 fully saturated rings. The molecule has 0 atom stereocenters. The Kier molecular flexibility index (Phi) is 4.02. The monoisotopic (exact) mass is 265 g/mol. The molecule has 5 heteroatoms. The fourth-order valence-electron chi connectivity index (χ4n) is 2.06. The molecule has 1 N–H and O–H groups in total. The number of nitrogens with one attached hydrogen (secondary N) is 1. The van der Waals surface area contributed by atoms with Gasteiger partial charge in [-0.05, 0) is 38.7 Å². The molecule has 1 aliphatic rings. The zero-order valence-corrected chi connectivity index (χ0v) is 11.6. The standard InChI is InChI=1S/C14H20FN3O/c1-9(2)18(8-10-4-5-10)14(19)12-6-11(15)7-17-13(12)16-3/h6-7,9-10H,4-5,8H2,1-3H3,(H,16,17). The molecule has 0 spiro atoms. The molecule has 4 nitrogen and oxygen atoms in total. The molecule has 0 bridgehead atoms. The van der Waals surface area contributed by atoms with Gasteiger partial charge in [-0.2, -0.15) is 0 Å². The first-order valence-electron chi connectivity index (χ1n) is 6.67. The average Bonchev–Trinajstić information content (AvgIpc) is 3.18. The van der Waals surface area contributed by atoms with E-state index in [0.29, 0.717) is 17.3 Å². The van der Waals surface area contributed by atoms with Crippen molar-refractivity contribution in [3.8, 4) is 0 Å². The molecule has 2 rings (SSSR count). The molecule has 0 unspecified atom stereocenters.